The van der Waals surface area contributed by atoms with Gasteiger partial charge in [-0.2, -0.15) is 5.26 Å². The molecule has 1 heterocycles. The van der Waals surface area contributed by atoms with Crippen LogP contribution in [0.4, 0.5) is 5.69 Å². The largest absolute Gasteiger partial charge is 0.485 e. The zero-order valence-corrected chi connectivity index (χ0v) is 18.0. The molecule has 0 unspecified atom stereocenters. The number of rotatable bonds is 5. The third kappa shape index (κ3) is 4.65. The summed E-state index contributed by atoms with van der Waals surface area (Å²) < 4.78 is 12.0. The Bertz CT molecular complexity index is 1180. The van der Waals surface area contributed by atoms with Crippen LogP contribution in [0.15, 0.2) is 60.7 Å². The first-order valence-corrected chi connectivity index (χ1v) is 10.3. The summed E-state index contributed by atoms with van der Waals surface area (Å²) in [5, 5.41) is 12.4. The molecule has 1 aliphatic rings. The molecule has 0 aliphatic carbocycles. The van der Waals surface area contributed by atoms with Crippen molar-refractivity contribution >= 4 is 23.2 Å². The number of anilines is 1. The van der Waals surface area contributed by atoms with Gasteiger partial charge in [-0.05, 0) is 55.8 Å². The lowest BCUT2D eigenvalue weighted by atomic mass is 10.0. The molecule has 6 heteroatoms. The van der Waals surface area contributed by atoms with Crippen molar-refractivity contribution in [3.8, 4) is 17.6 Å². The number of hydrogen-bond acceptors (Lipinski definition) is 4. The summed E-state index contributed by atoms with van der Waals surface area (Å²) in [4.78, 5) is 12.6. The van der Waals surface area contributed by atoms with Crippen molar-refractivity contribution in [1.29, 1.82) is 5.26 Å². The molecule has 1 amide bonds. The number of carbonyl (C=O) groups excluding carboxylic acids is 1. The van der Waals surface area contributed by atoms with Crippen molar-refractivity contribution in [2.75, 3.05) is 5.32 Å². The van der Waals surface area contributed by atoms with E-state index in [4.69, 9.17) is 21.1 Å². The Hall–Kier alpha value is -3.49. The molecule has 5 nitrogen and oxygen atoms in total. The topological polar surface area (TPSA) is 71.3 Å². The monoisotopic (exact) mass is 432 g/mol. The number of para-hydroxylation sites is 1. The van der Waals surface area contributed by atoms with E-state index < -0.39 is 0 Å². The molecule has 1 N–H and O–H groups in total. The van der Waals surface area contributed by atoms with Gasteiger partial charge in [-0.3, -0.25) is 4.79 Å². The second-order valence-corrected chi connectivity index (χ2v) is 8.46. The molecule has 0 saturated carbocycles. The average Bonchev–Trinajstić information content (AvgIpc) is 3.07. The van der Waals surface area contributed by atoms with Gasteiger partial charge in [0.2, 0.25) is 0 Å². The number of carbonyl (C=O) groups is 1. The Balaban J connectivity index is 1.42. The van der Waals surface area contributed by atoms with Crippen molar-refractivity contribution < 1.29 is 14.3 Å². The summed E-state index contributed by atoms with van der Waals surface area (Å²) in [6.07, 6.45) is 0.851. The van der Waals surface area contributed by atoms with Gasteiger partial charge in [0.1, 0.15) is 18.3 Å². The number of halogens is 1. The lowest BCUT2D eigenvalue weighted by Gasteiger charge is -2.18. The van der Waals surface area contributed by atoms with E-state index >= 15 is 0 Å². The minimum absolute atomic E-state index is 0.231. The number of benzene rings is 3. The molecule has 3 aromatic rings. The SMILES string of the molecule is CC1(C)Cc2cccc(OCc3ccc(C(=O)Nc4cc(Cl)ccc4C#N)cc3)c2O1. The zero-order chi connectivity index (χ0) is 22.0. The fraction of sp³-hybridized carbons (Fsp3) is 0.200. The third-order valence-electron chi connectivity index (χ3n) is 5.02. The predicted octanol–water partition coefficient (Wildman–Crippen LogP) is 5.76. The van der Waals surface area contributed by atoms with Gasteiger partial charge >= 0.3 is 0 Å². The van der Waals surface area contributed by atoms with E-state index in [0.717, 1.165) is 29.0 Å². The van der Waals surface area contributed by atoms with Crippen LogP contribution in [0.1, 0.15) is 40.9 Å². The third-order valence-corrected chi connectivity index (χ3v) is 5.25. The van der Waals surface area contributed by atoms with Crippen molar-refractivity contribution in [2.45, 2.75) is 32.5 Å². The van der Waals surface area contributed by atoms with Crippen molar-refractivity contribution in [2.24, 2.45) is 0 Å². The minimum Gasteiger partial charge on any atom is -0.485 e. The first-order chi connectivity index (χ1) is 14.8. The standard InChI is InChI=1S/C25H21ClN2O3/c1-25(2)13-18-4-3-5-22(23(18)31-25)30-15-16-6-8-17(9-7-16)24(29)28-21-12-20(26)11-10-19(21)14-27/h3-12H,13,15H2,1-2H3,(H,28,29). The lowest BCUT2D eigenvalue weighted by Crippen LogP contribution is -2.24. The quantitative estimate of drug-likeness (QED) is 0.556. The number of ether oxygens (including phenoxy) is 2. The summed E-state index contributed by atoms with van der Waals surface area (Å²) in [6.45, 7) is 4.47. The summed E-state index contributed by atoms with van der Waals surface area (Å²) in [6, 6.07) is 19.8. The van der Waals surface area contributed by atoms with Crippen molar-refractivity contribution in [3.05, 3.63) is 87.9 Å². The van der Waals surface area contributed by atoms with Gasteiger partial charge in [-0.1, -0.05) is 35.9 Å². The first-order valence-electron chi connectivity index (χ1n) is 9.88. The van der Waals surface area contributed by atoms with Gasteiger partial charge in [-0.15, -0.1) is 0 Å². The number of hydrogen-bond donors (Lipinski definition) is 1. The molecule has 0 bridgehead atoms. The van der Waals surface area contributed by atoms with Crippen molar-refractivity contribution in [3.63, 3.8) is 0 Å². The van der Waals surface area contributed by atoms with Crippen LogP contribution in [0.2, 0.25) is 5.02 Å². The Labute approximate surface area is 186 Å². The number of amides is 1. The Kier molecular flexibility index (Phi) is 5.58. The Morgan fingerprint density at radius 3 is 2.71 bits per heavy atom. The van der Waals surface area contributed by atoms with Gasteiger partial charge in [0.25, 0.3) is 5.91 Å². The van der Waals surface area contributed by atoms with E-state index in [0.29, 0.717) is 28.4 Å². The van der Waals surface area contributed by atoms with Crippen LogP contribution >= 0.6 is 11.6 Å². The highest BCUT2D eigenvalue weighted by molar-refractivity contribution is 6.31. The molecular formula is C25H21ClN2O3. The maximum Gasteiger partial charge on any atom is 0.255 e. The highest BCUT2D eigenvalue weighted by atomic mass is 35.5. The number of fused-ring (bicyclic) bond motifs is 1. The molecule has 0 saturated heterocycles. The van der Waals surface area contributed by atoms with Crippen molar-refractivity contribution in [1.82, 2.24) is 0 Å². The summed E-state index contributed by atoms with van der Waals surface area (Å²) >= 11 is 5.98. The van der Waals surface area contributed by atoms with E-state index in [1.807, 2.05) is 30.3 Å². The first kappa shape index (κ1) is 20.8. The highest BCUT2D eigenvalue weighted by Crippen LogP contribution is 2.41. The van der Waals surface area contributed by atoms with Crippen LogP contribution < -0.4 is 14.8 Å². The van der Waals surface area contributed by atoms with E-state index in [9.17, 15) is 10.1 Å². The van der Waals surface area contributed by atoms with Gasteiger partial charge in [0.15, 0.2) is 11.5 Å². The van der Waals surface area contributed by atoms with Gasteiger partial charge in [-0.25, -0.2) is 0 Å². The zero-order valence-electron chi connectivity index (χ0n) is 17.2. The number of nitrogens with zero attached hydrogens (tertiary/aromatic N) is 1. The molecule has 0 fully saturated rings. The fourth-order valence-corrected chi connectivity index (χ4v) is 3.70. The van der Waals surface area contributed by atoms with Crippen LogP contribution in [-0.4, -0.2) is 11.5 Å². The van der Waals surface area contributed by atoms with Crippen LogP contribution in [0.25, 0.3) is 0 Å². The molecule has 31 heavy (non-hydrogen) atoms. The molecule has 3 aromatic carbocycles. The second-order valence-electron chi connectivity index (χ2n) is 8.02. The minimum atomic E-state index is -0.317. The molecule has 0 aromatic heterocycles. The normalized spacial score (nSPS) is 13.6. The molecule has 0 radical (unpaired) electrons. The van der Waals surface area contributed by atoms with Crippen LogP contribution in [0.3, 0.4) is 0 Å². The Morgan fingerprint density at radius 2 is 1.97 bits per heavy atom. The summed E-state index contributed by atoms with van der Waals surface area (Å²) in [7, 11) is 0. The second kappa shape index (κ2) is 8.33. The molecule has 4 rings (SSSR count). The van der Waals surface area contributed by atoms with E-state index in [1.165, 1.54) is 0 Å². The van der Waals surface area contributed by atoms with Crippen LogP contribution in [0.5, 0.6) is 11.5 Å². The number of nitriles is 1. The van der Waals surface area contributed by atoms with Gasteiger partial charge in [0.05, 0.1) is 11.3 Å². The number of nitrogens with one attached hydrogen (secondary N) is 1. The maximum atomic E-state index is 12.6. The van der Waals surface area contributed by atoms with Crippen LogP contribution in [0, 0.1) is 11.3 Å². The smallest absolute Gasteiger partial charge is 0.255 e. The molecule has 0 atom stereocenters. The summed E-state index contributed by atoms with van der Waals surface area (Å²) in [5.41, 5.74) is 3.04. The average molecular weight is 433 g/mol. The molecule has 1 aliphatic heterocycles. The van der Waals surface area contributed by atoms with E-state index in [1.54, 1.807) is 30.3 Å². The summed E-state index contributed by atoms with van der Waals surface area (Å²) in [5.74, 6) is 1.20. The molecular weight excluding hydrogens is 412 g/mol. The van der Waals surface area contributed by atoms with E-state index in [-0.39, 0.29) is 11.5 Å². The fourth-order valence-electron chi connectivity index (χ4n) is 3.53. The van der Waals surface area contributed by atoms with Gasteiger partial charge in [0, 0.05) is 22.6 Å². The maximum absolute atomic E-state index is 12.6. The Morgan fingerprint density at radius 1 is 1.19 bits per heavy atom. The molecule has 0 spiro atoms. The highest BCUT2D eigenvalue weighted by Gasteiger charge is 2.32. The van der Waals surface area contributed by atoms with Crippen LogP contribution in [-0.2, 0) is 13.0 Å². The predicted molar refractivity (Wildman–Crippen MR) is 120 cm³/mol. The lowest BCUT2D eigenvalue weighted by molar-refractivity contribution is 0.102. The molecule has 156 valence electrons. The van der Waals surface area contributed by atoms with Gasteiger partial charge < -0.3 is 14.8 Å². The van der Waals surface area contributed by atoms with E-state index in [2.05, 4.69) is 25.2 Å².